The molecule has 16 heavy (non-hydrogen) atoms. The van der Waals surface area contributed by atoms with Crippen LogP contribution >= 0.6 is 0 Å². The standard InChI is InChI=1S/C10H18N2O4/c1-11(9(13)7-16-2)8-3-5-12(6-4-8)10(14)15/h8H,3-7H2,1-2H3,(H,14,15). The van der Waals surface area contributed by atoms with Gasteiger partial charge in [-0.2, -0.15) is 0 Å². The Morgan fingerprint density at radius 1 is 1.44 bits per heavy atom. The van der Waals surface area contributed by atoms with E-state index in [4.69, 9.17) is 9.84 Å². The van der Waals surface area contributed by atoms with Crippen molar-refractivity contribution in [2.45, 2.75) is 18.9 Å². The molecule has 0 bridgehead atoms. The highest BCUT2D eigenvalue weighted by Gasteiger charge is 2.26. The first-order chi connectivity index (χ1) is 7.56. The van der Waals surface area contributed by atoms with Crippen molar-refractivity contribution in [3.8, 4) is 0 Å². The quantitative estimate of drug-likeness (QED) is 0.753. The smallest absolute Gasteiger partial charge is 0.407 e. The minimum atomic E-state index is -0.885. The summed E-state index contributed by atoms with van der Waals surface area (Å²) in [4.78, 5) is 25.3. The Kier molecular flexibility index (Phi) is 4.54. The van der Waals surface area contributed by atoms with E-state index < -0.39 is 6.09 Å². The average molecular weight is 230 g/mol. The molecule has 0 spiro atoms. The molecule has 6 heteroatoms. The Balaban J connectivity index is 2.41. The molecule has 1 saturated heterocycles. The van der Waals surface area contributed by atoms with E-state index in [1.807, 2.05) is 0 Å². The van der Waals surface area contributed by atoms with Gasteiger partial charge in [0.2, 0.25) is 5.91 Å². The van der Waals surface area contributed by atoms with Crippen LogP contribution in [0, 0.1) is 0 Å². The molecule has 2 amide bonds. The topological polar surface area (TPSA) is 70.1 Å². The van der Waals surface area contributed by atoms with Crippen LogP contribution < -0.4 is 0 Å². The molecule has 0 aromatic heterocycles. The fraction of sp³-hybridized carbons (Fsp3) is 0.800. The molecule has 1 aliphatic rings. The lowest BCUT2D eigenvalue weighted by atomic mass is 10.0. The number of nitrogens with zero attached hydrogens (tertiary/aromatic N) is 2. The van der Waals surface area contributed by atoms with Gasteiger partial charge < -0.3 is 19.6 Å². The molecule has 0 atom stereocenters. The van der Waals surface area contributed by atoms with Crippen LogP contribution in [0.5, 0.6) is 0 Å². The van der Waals surface area contributed by atoms with E-state index in [0.717, 1.165) is 0 Å². The van der Waals surface area contributed by atoms with Crippen LogP contribution in [0.2, 0.25) is 0 Å². The predicted octanol–water partition coefficient (Wildman–Crippen LogP) is 0.234. The second-order valence-electron chi connectivity index (χ2n) is 3.94. The van der Waals surface area contributed by atoms with Crippen molar-refractivity contribution in [2.75, 3.05) is 33.9 Å². The zero-order valence-corrected chi connectivity index (χ0v) is 9.68. The van der Waals surface area contributed by atoms with Crippen LogP contribution in [0.1, 0.15) is 12.8 Å². The van der Waals surface area contributed by atoms with Gasteiger partial charge in [-0.05, 0) is 12.8 Å². The maximum atomic E-state index is 11.5. The SMILES string of the molecule is COCC(=O)N(C)C1CCN(C(=O)O)CC1. The molecule has 0 aromatic rings. The van der Waals surface area contributed by atoms with Crippen LogP contribution in [0.25, 0.3) is 0 Å². The van der Waals surface area contributed by atoms with Gasteiger partial charge in [0.15, 0.2) is 0 Å². The highest BCUT2D eigenvalue weighted by atomic mass is 16.5. The minimum Gasteiger partial charge on any atom is -0.465 e. The Hall–Kier alpha value is -1.30. The lowest BCUT2D eigenvalue weighted by Gasteiger charge is -2.35. The van der Waals surface area contributed by atoms with Gasteiger partial charge in [0.25, 0.3) is 0 Å². The number of hydrogen-bond donors (Lipinski definition) is 1. The number of hydrogen-bond acceptors (Lipinski definition) is 3. The van der Waals surface area contributed by atoms with E-state index in [-0.39, 0.29) is 18.6 Å². The summed E-state index contributed by atoms with van der Waals surface area (Å²) in [5.41, 5.74) is 0. The van der Waals surface area contributed by atoms with Crippen LogP contribution in [0.15, 0.2) is 0 Å². The summed E-state index contributed by atoms with van der Waals surface area (Å²) in [5, 5.41) is 8.78. The zero-order chi connectivity index (χ0) is 12.1. The Morgan fingerprint density at radius 2 is 2.00 bits per heavy atom. The lowest BCUT2D eigenvalue weighted by Crippen LogP contribution is -2.47. The number of piperidine rings is 1. The highest BCUT2D eigenvalue weighted by molar-refractivity contribution is 5.77. The molecule has 1 N–H and O–H groups in total. The number of ether oxygens (including phenoxy) is 1. The van der Waals surface area contributed by atoms with Gasteiger partial charge in [0.1, 0.15) is 6.61 Å². The largest absolute Gasteiger partial charge is 0.465 e. The molecular weight excluding hydrogens is 212 g/mol. The summed E-state index contributed by atoms with van der Waals surface area (Å²) in [6, 6.07) is 0.123. The molecule has 6 nitrogen and oxygen atoms in total. The summed E-state index contributed by atoms with van der Waals surface area (Å²) < 4.78 is 4.78. The third-order valence-electron chi connectivity index (χ3n) is 2.94. The maximum absolute atomic E-state index is 11.5. The molecule has 92 valence electrons. The molecule has 1 aliphatic heterocycles. The third-order valence-corrected chi connectivity index (χ3v) is 2.94. The zero-order valence-electron chi connectivity index (χ0n) is 9.68. The third kappa shape index (κ3) is 3.10. The lowest BCUT2D eigenvalue weighted by molar-refractivity contribution is -0.136. The molecule has 0 saturated carbocycles. The predicted molar refractivity (Wildman–Crippen MR) is 57.3 cm³/mol. The second kappa shape index (κ2) is 5.69. The van der Waals surface area contributed by atoms with Crippen molar-refractivity contribution in [1.82, 2.24) is 9.80 Å². The first kappa shape index (κ1) is 12.8. The van der Waals surface area contributed by atoms with E-state index in [2.05, 4.69) is 0 Å². The Morgan fingerprint density at radius 3 is 2.44 bits per heavy atom. The Bertz CT molecular complexity index is 262. The van der Waals surface area contributed by atoms with Crippen molar-refractivity contribution >= 4 is 12.0 Å². The van der Waals surface area contributed by atoms with Crippen LogP contribution in [0.3, 0.4) is 0 Å². The number of likely N-dealkylation sites (tertiary alicyclic amines) is 1. The fourth-order valence-corrected chi connectivity index (χ4v) is 1.87. The highest BCUT2D eigenvalue weighted by Crippen LogP contribution is 2.15. The molecule has 0 unspecified atom stereocenters. The normalized spacial score (nSPS) is 17.2. The number of carbonyl (C=O) groups is 2. The molecule has 1 rings (SSSR count). The molecule has 0 radical (unpaired) electrons. The first-order valence-corrected chi connectivity index (χ1v) is 5.28. The summed E-state index contributed by atoms with van der Waals surface area (Å²) in [6.45, 7) is 1.06. The molecule has 1 fully saturated rings. The van der Waals surface area contributed by atoms with Crippen LogP contribution in [-0.2, 0) is 9.53 Å². The van der Waals surface area contributed by atoms with Crippen molar-refractivity contribution in [3.05, 3.63) is 0 Å². The number of likely N-dealkylation sites (N-methyl/N-ethyl adjacent to an activating group) is 1. The number of carbonyl (C=O) groups excluding carboxylic acids is 1. The van der Waals surface area contributed by atoms with Gasteiger partial charge >= 0.3 is 6.09 Å². The molecule has 0 aromatic carbocycles. The number of methoxy groups -OCH3 is 1. The Labute approximate surface area is 94.8 Å². The second-order valence-corrected chi connectivity index (χ2v) is 3.94. The van der Waals surface area contributed by atoms with Gasteiger partial charge in [-0.15, -0.1) is 0 Å². The van der Waals surface area contributed by atoms with Gasteiger partial charge in [-0.1, -0.05) is 0 Å². The maximum Gasteiger partial charge on any atom is 0.407 e. The summed E-state index contributed by atoms with van der Waals surface area (Å²) >= 11 is 0. The minimum absolute atomic E-state index is 0.0590. The van der Waals surface area contributed by atoms with E-state index in [1.165, 1.54) is 12.0 Å². The van der Waals surface area contributed by atoms with Gasteiger partial charge in [0.05, 0.1) is 0 Å². The number of carboxylic acid groups (broad SMARTS) is 1. The van der Waals surface area contributed by atoms with Gasteiger partial charge in [-0.3, -0.25) is 4.79 Å². The summed E-state index contributed by atoms with van der Waals surface area (Å²) in [6.07, 6.45) is 0.501. The number of rotatable bonds is 3. The molecular formula is C10H18N2O4. The van der Waals surface area contributed by atoms with Crippen molar-refractivity contribution < 1.29 is 19.4 Å². The van der Waals surface area contributed by atoms with E-state index in [0.29, 0.717) is 25.9 Å². The van der Waals surface area contributed by atoms with E-state index in [1.54, 1.807) is 11.9 Å². The van der Waals surface area contributed by atoms with Crippen molar-refractivity contribution in [2.24, 2.45) is 0 Å². The first-order valence-electron chi connectivity index (χ1n) is 5.28. The molecule has 1 heterocycles. The van der Waals surface area contributed by atoms with Gasteiger partial charge in [-0.25, -0.2) is 4.79 Å². The van der Waals surface area contributed by atoms with Gasteiger partial charge in [0, 0.05) is 33.3 Å². The van der Waals surface area contributed by atoms with Crippen molar-refractivity contribution in [1.29, 1.82) is 0 Å². The van der Waals surface area contributed by atoms with Crippen LogP contribution in [-0.4, -0.2) is 66.8 Å². The van der Waals surface area contributed by atoms with E-state index in [9.17, 15) is 9.59 Å². The number of amides is 2. The van der Waals surface area contributed by atoms with Crippen LogP contribution in [0.4, 0.5) is 4.79 Å². The monoisotopic (exact) mass is 230 g/mol. The van der Waals surface area contributed by atoms with E-state index >= 15 is 0 Å². The summed E-state index contributed by atoms with van der Waals surface area (Å²) in [5.74, 6) is -0.0590. The summed E-state index contributed by atoms with van der Waals surface area (Å²) in [7, 11) is 3.22. The van der Waals surface area contributed by atoms with Crippen molar-refractivity contribution in [3.63, 3.8) is 0 Å². The molecule has 0 aliphatic carbocycles. The fourth-order valence-electron chi connectivity index (χ4n) is 1.87. The average Bonchev–Trinajstić information content (AvgIpc) is 2.28.